The van der Waals surface area contributed by atoms with Crippen LogP contribution in [0.1, 0.15) is 22.4 Å². The highest BCUT2D eigenvalue weighted by Crippen LogP contribution is 2.36. The Morgan fingerprint density at radius 2 is 2.06 bits per heavy atom. The molecule has 10 heteroatoms. The first-order valence-corrected chi connectivity index (χ1v) is 11.4. The van der Waals surface area contributed by atoms with Crippen LogP contribution in [0.15, 0.2) is 49.1 Å². The van der Waals surface area contributed by atoms with Crippen LogP contribution in [0, 0.1) is 6.92 Å². The van der Waals surface area contributed by atoms with Crippen LogP contribution in [0.2, 0.25) is 0 Å². The Morgan fingerprint density at radius 1 is 1.15 bits per heavy atom. The van der Waals surface area contributed by atoms with Crippen molar-refractivity contribution in [2.75, 3.05) is 35.2 Å². The molecule has 0 amide bonds. The maximum atomic E-state index is 5.68. The average molecular weight is 456 g/mol. The Bertz CT molecular complexity index is 1310. The molecule has 10 nitrogen and oxygen atoms in total. The molecule has 2 aliphatic rings. The van der Waals surface area contributed by atoms with Gasteiger partial charge in [-0.15, -0.1) is 5.10 Å². The van der Waals surface area contributed by atoms with Crippen molar-refractivity contribution < 1.29 is 4.74 Å². The van der Waals surface area contributed by atoms with Gasteiger partial charge in [0, 0.05) is 36.7 Å². The van der Waals surface area contributed by atoms with E-state index in [-0.39, 0.29) is 0 Å². The van der Waals surface area contributed by atoms with E-state index in [0.29, 0.717) is 31.5 Å². The lowest BCUT2D eigenvalue weighted by molar-refractivity contribution is 0.310. The molecule has 34 heavy (non-hydrogen) atoms. The number of rotatable bonds is 5. The summed E-state index contributed by atoms with van der Waals surface area (Å²) in [6.07, 6.45) is 8.27. The van der Waals surface area contributed by atoms with Gasteiger partial charge >= 0.3 is 0 Å². The van der Waals surface area contributed by atoms with Crippen LogP contribution < -0.4 is 20.3 Å². The summed E-state index contributed by atoms with van der Waals surface area (Å²) in [6, 6.07) is 8.18. The first-order chi connectivity index (χ1) is 16.7. The number of benzene rings is 1. The van der Waals surface area contributed by atoms with Gasteiger partial charge in [-0.25, -0.2) is 19.6 Å². The summed E-state index contributed by atoms with van der Waals surface area (Å²) in [7, 11) is 0. The van der Waals surface area contributed by atoms with Crippen LogP contribution >= 0.6 is 0 Å². The van der Waals surface area contributed by atoms with Gasteiger partial charge in [-0.3, -0.25) is 0 Å². The minimum atomic E-state index is 0.597. The Kier molecular flexibility index (Phi) is 5.17. The molecule has 3 aromatic heterocycles. The Balaban J connectivity index is 1.18. The molecule has 0 saturated heterocycles. The third-order valence-electron chi connectivity index (χ3n) is 6.23. The van der Waals surface area contributed by atoms with Gasteiger partial charge in [0.15, 0.2) is 0 Å². The number of nitrogens with zero attached hydrogens (tertiary/aromatic N) is 7. The Labute approximate surface area is 197 Å². The third-order valence-corrected chi connectivity index (χ3v) is 6.23. The van der Waals surface area contributed by atoms with Gasteiger partial charge in [0.25, 0.3) is 0 Å². The maximum absolute atomic E-state index is 5.68. The molecule has 1 aromatic carbocycles. The zero-order valence-electron chi connectivity index (χ0n) is 18.9. The van der Waals surface area contributed by atoms with Gasteiger partial charge < -0.3 is 20.3 Å². The van der Waals surface area contributed by atoms with Crippen LogP contribution in [-0.2, 0) is 19.5 Å². The number of pyridine rings is 1. The van der Waals surface area contributed by atoms with E-state index in [1.807, 2.05) is 30.7 Å². The zero-order valence-corrected chi connectivity index (χ0v) is 18.9. The van der Waals surface area contributed by atoms with Gasteiger partial charge in [-0.05, 0) is 36.6 Å². The van der Waals surface area contributed by atoms with Gasteiger partial charge in [-0.2, -0.15) is 0 Å². The second kappa shape index (κ2) is 8.62. The van der Waals surface area contributed by atoms with E-state index in [1.165, 1.54) is 5.56 Å². The highest BCUT2D eigenvalue weighted by molar-refractivity contribution is 5.70. The van der Waals surface area contributed by atoms with Crippen molar-refractivity contribution in [3.63, 3.8) is 0 Å². The van der Waals surface area contributed by atoms with E-state index in [0.717, 1.165) is 53.4 Å². The van der Waals surface area contributed by atoms with Crippen LogP contribution in [0.5, 0.6) is 5.88 Å². The number of fused-ring (bicyclic) bond motifs is 2. The van der Waals surface area contributed by atoms with E-state index in [2.05, 4.69) is 54.9 Å². The average Bonchev–Trinajstić information content (AvgIpc) is 3.38. The van der Waals surface area contributed by atoms with Crippen molar-refractivity contribution in [3.05, 3.63) is 71.4 Å². The quantitative estimate of drug-likeness (QED) is 0.470. The predicted octanol–water partition coefficient (Wildman–Crippen LogP) is 2.93. The molecule has 0 atom stereocenters. The van der Waals surface area contributed by atoms with Crippen LogP contribution in [0.25, 0.3) is 0 Å². The van der Waals surface area contributed by atoms with Crippen molar-refractivity contribution in [3.8, 4) is 5.88 Å². The summed E-state index contributed by atoms with van der Waals surface area (Å²) < 4.78 is 7.48. The number of hydrogen-bond donors (Lipinski definition) is 2. The van der Waals surface area contributed by atoms with Crippen LogP contribution in [0.3, 0.4) is 0 Å². The van der Waals surface area contributed by atoms with Crippen LogP contribution in [-0.4, -0.2) is 49.6 Å². The third kappa shape index (κ3) is 3.98. The number of ether oxygens (including phenoxy) is 1. The zero-order chi connectivity index (χ0) is 22.9. The topological polar surface area (TPSA) is 106 Å². The monoisotopic (exact) mass is 455 g/mol. The SMILES string of the molecule is Cc1c(N2CCc3cnc(Nc4ccc(Cn5ccnn5)cc4)nc3C2)cnc2c1NCCO2. The minimum absolute atomic E-state index is 0.597. The van der Waals surface area contributed by atoms with Gasteiger partial charge in [0.2, 0.25) is 11.8 Å². The van der Waals surface area contributed by atoms with E-state index in [9.17, 15) is 0 Å². The van der Waals surface area contributed by atoms with Crippen molar-refractivity contribution in [1.29, 1.82) is 0 Å². The summed E-state index contributed by atoms with van der Waals surface area (Å²) in [5, 5.41) is 14.6. The van der Waals surface area contributed by atoms with E-state index < -0.39 is 0 Å². The first kappa shape index (κ1) is 20.4. The highest BCUT2D eigenvalue weighted by Gasteiger charge is 2.24. The normalized spacial score (nSPS) is 14.6. The van der Waals surface area contributed by atoms with Crippen molar-refractivity contribution in [2.24, 2.45) is 0 Å². The molecule has 0 unspecified atom stereocenters. The van der Waals surface area contributed by atoms with E-state index >= 15 is 0 Å². The molecule has 0 spiro atoms. The summed E-state index contributed by atoms with van der Waals surface area (Å²) in [5.74, 6) is 1.28. The Hall–Kier alpha value is -4.21. The molecular formula is C24H25N9O. The molecule has 0 fully saturated rings. The molecule has 2 aliphatic heterocycles. The summed E-state index contributed by atoms with van der Waals surface area (Å²) >= 11 is 0. The van der Waals surface area contributed by atoms with Gasteiger partial charge in [-0.1, -0.05) is 17.3 Å². The van der Waals surface area contributed by atoms with Gasteiger partial charge in [0.05, 0.1) is 36.9 Å². The standard InChI is InChI=1S/C24H25N9O/c1-16-21(13-26-23-22(16)25-8-11-34-23)32-9-6-18-12-27-24(30-20(18)15-32)29-19-4-2-17(3-5-19)14-33-10-7-28-31-33/h2-5,7,10,12-13,25H,6,8-9,11,14-15H2,1H3,(H,27,29,30). The van der Waals surface area contributed by atoms with Crippen molar-refractivity contribution in [2.45, 2.75) is 26.4 Å². The molecule has 2 N–H and O–H groups in total. The predicted molar refractivity (Wildman–Crippen MR) is 129 cm³/mol. The van der Waals surface area contributed by atoms with Gasteiger partial charge in [0.1, 0.15) is 12.3 Å². The van der Waals surface area contributed by atoms with Crippen molar-refractivity contribution in [1.82, 2.24) is 29.9 Å². The second-order valence-electron chi connectivity index (χ2n) is 8.48. The lowest BCUT2D eigenvalue weighted by atomic mass is 10.0. The molecule has 0 bridgehead atoms. The fraction of sp³-hybridized carbons (Fsp3) is 0.292. The summed E-state index contributed by atoms with van der Waals surface area (Å²) in [6.45, 7) is 5.86. The smallest absolute Gasteiger partial charge is 0.237 e. The molecule has 172 valence electrons. The largest absolute Gasteiger partial charge is 0.474 e. The number of aromatic nitrogens is 6. The fourth-order valence-corrected chi connectivity index (χ4v) is 4.43. The number of nitrogens with one attached hydrogen (secondary N) is 2. The lowest BCUT2D eigenvalue weighted by Crippen LogP contribution is -2.32. The minimum Gasteiger partial charge on any atom is -0.474 e. The molecular weight excluding hydrogens is 430 g/mol. The molecule has 6 rings (SSSR count). The second-order valence-corrected chi connectivity index (χ2v) is 8.48. The number of hydrogen-bond acceptors (Lipinski definition) is 9. The first-order valence-electron chi connectivity index (χ1n) is 11.4. The maximum Gasteiger partial charge on any atom is 0.237 e. The molecule has 5 heterocycles. The molecule has 0 aliphatic carbocycles. The number of anilines is 4. The fourth-order valence-electron chi connectivity index (χ4n) is 4.43. The molecule has 4 aromatic rings. The van der Waals surface area contributed by atoms with Crippen molar-refractivity contribution >= 4 is 23.0 Å². The molecule has 0 saturated carbocycles. The van der Waals surface area contributed by atoms with E-state index in [4.69, 9.17) is 9.72 Å². The Morgan fingerprint density at radius 3 is 2.91 bits per heavy atom. The highest BCUT2D eigenvalue weighted by atomic mass is 16.5. The van der Waals surface area contributed by atoms with Crippen LogP contribution in [0.4, 0.5) is 23.0 Å². The van der Waals surface area contributed by atoms with E-state index in [1.54, 1.807) is 10.9 Å². The molecule has 0 radical (unpaired) electrons. The lowest BCUT2D eigenvalue weighted by Gasteiger charge is -2.32. The summed E-state index contributed by atoms with van der Waals surface area (Å²) in [5.41, 5.74) is 7.57. The summed E-state index contributed by atoms with van der Waals surface area (Å²) in [4.78, 5) is 16.2.